The maximum Gasteiger partial charge on any atom is 0.236 e. The second-order valence-corrected chi connectivity index (χ2v) is 4.79. The standard InChI is InChI=1S/C10H18N2O2/c1-6-9(2,3)10(6,4)8(14)12-5-7(11)13/h6H,5H2,1-4H3,(H2,11,13)(H,12,14). The molecule has 3 N–H and O–H groups in total. The minimum absolute atomic E-state index is 0.00866. The molecule has 80 valence electrons. The Balaban J connectivity index is 2.60. The molecule has 0 aliphatic heterocycles. The lowest BCUT2D eigenvalue weighted by molar-refractivity contribution is -0.129. The summed E-state index contributed by atoms with van der Waals surface area (Å²) in [6.07, 6.45) is 0. The monoisotopic (exact) mass is 198 g/mol. The maximum absolute atomic E-state index is 11.7. The number of hydrogen-bond acceptors (Lipinski definition) is 2. The first kappa shape index (κ1) is 11.0. The third-order valence-electron chi connectivity index (χ3n) is 4.10. The molecule has 0 aromatic carbocycles. The first-order chi connectivity index (χ1) is 6.24. The second kappa shape index (κ2) is 2.97. The van der Waals surface area contributed by atoms with E-state index in [0.29, 0.717) is 5.92 Å². The van der Waals surface area contributed by atoms with E-state index >= 15 is 0 Å². The number of nitrogens with two attached hydrogens (primary N) is 1. The third kappa shape index (κ3) is 1.29. The average Bonchev–Trinajstić information content (AvgIpc) is 2.47. The van der Waals surface area contributed by atoms with Crippen molar-refractivity contribution in [3.8, 4) is 0 Å². The molecular weight excluding hydrogens is 180 g/mol. The number of hydrogen-bond donors (Lipinski definition) is 2. The lowest BCUT2D eigenvalue weighted by Gasteiger charge is -2.13. The first-order valence-corrected chi connectivity index (χ1v) is 4.81. The van der Waals surface area contributed by atoms with Crippen molar-refractivity contribution >= 4 is 11.8 Å². The molecule has 2 atom stereocenters. The van der Waals surface area contributed by atoms with Gasteiger partial charge >= 0.3 is 0 Å². The fourth-order valence-electron chi connectivity index (χ4n) is 2.11. The van der Waals surface area contributed by atoms with Crippen LogP contribution in [0.5, 0.6) is 0 Å². The van der Waals surface area contributed by atoms with Crippen molar-refractivity contribution in [2.24, 2.45) is 22.5 Å². The molecule has 4 nitrogen and oxygen atoms in total. The van der Waals surface area contributed by atoms with Gasteiger partial charge in [-0.2, -0.15) is 0 Å². The molecule has 0 bridgehead atoms. The van der Waals surface area contributed by atoms with Crippen LogP contribution in [0.1, 0.15) is 27.7 Å². The number of rotatable bonds is 3. The molecular formula is C10H18N2O2. The van der Waals surface area contributed by atoms with Gasteiger partial charge in [0.15, 0.2) is 0 Å². The van der Waals surface area contributed by atoms with E-state index in [1.807, 2.05) is 13.8 Å². The summed E-state index contributed by atoms with van der Waals surface area (Å²) >= 11 is 0. The van der Waals surface area contributed by atoms with E-state index in [1.165, 1.54) is 0 Å². The molecule has 0 heterocycles. The fraction of sp³-hybridized carbons (Fsp3) is 0.800. The summed E-state index contributed by atoms with van der Waals surface area (Å²) in [5, 5.41) is 2.56. The highest BCUT2D eigenvalue weighted by Gasteiger charge is 2.69. The fourth-order valence-corrected chi connectivity index (χ4v) is 2.11. The molecule has 1 saturated carbocycles. The van der Waals surface area contributed by atoms with E-state index in [9.17, 15) is 9.59 Å². The van der Waals surface area contributed by atoms with Crippen molar-refractivity contribution in [3.05, 3.63) is 0 Å². The van der Waals surface area contributed by atoms with E-state index in [0.717, 1.165) is 0 Å². The molecule has 4 heteroatoms. The minimum Gasteiger partial charge on any atom is -0.368 e. The molecule has 1 aliphatic rings. The van der Waals surface area contributed by atoms with Gasteiger partial charge in [0.2, 0.25) is 11.8 Å². The predicted octanol–water partition coefficient (Wildman–Crippen LogP) is 0.270. The summed E-state index contributed by atoms with van der Waals surface area (Å²) in [6.45, 7) is 8.01. The van der Waals surface area contributed by atoms with Crippen LogP contribution in [0.25, 0.3) is 0 Å². The molecule has 2 unspecified atom stereocenters. The van der Waals surface area contributed by atoms with Gasteiger partial charge in [-0.1, -0.05) is 20.8 Å². The highest BCUT2D eigenvalue weighted by molar-refractivity contribution is 5.90. The van der Waals surface area contributed by atoms with Gasteiger partial charge in [0.25, 0.3) is 0 Å². The van der Waals surface area contributed by atoms with Crippen LogP contribution in [0.15, 0.2) is 0 Å². The van der Waals surface area contributed by atoms with Gasteiger partial charge in [0, 0.05) is 0 Å². The summed E-state index contributed by atoms with van der Waals surface area (Å²) in [6, 6.07) is 0. The SMILES string of the molecule is CC1C(C)(C)C1(C)C(=O)NCC(N)=O. The molecule has 1 fully saturated rings. The quantitative estimate of drug-likeness (QED) is 0.683. The van der Waals surface area contributed by atoms with Crippen molar-refractivity contribution in [2.45, 2.75) is 27.7 Å². The number of nitrogens with one attached hydrogen (secondary N) is 1. The zero-order valence-electron chi connectivity index (χ0n) is 9.18. The zero-order chi connectivity index (χ0) is 11.1. The summed E-state index contributed by atoms with van der Waals surface area (Å²) < 4.78 is 0. The molecule has 0 saturated heterocycles. The van der Waals surface area contributed by atoms with Crippen LogP contribution in [-0.2, 0) is 9.59 Å². The Labute approximate surface area is 84.2 Å². The summed E-state index contributed by atoms with van der Waals surface area (Å²) in [7, 11) is 0. The molecule has 0 aromatic heterocycles. The van der Waals surface area contributed by atoms with Gasteiger partial charge in [-0.3, -0.25) is 9.59 Å². The number of amides is 2. The largest absolute Gasteiger partial charge is 0.368 e. The number of primary amides is 1. The summed E-state index contributed by atoms with van der Waals surface area (Å²) in [4.78, 5) is 22.2. The highest BCUT2D eigenvalue weighted by Crippen LogP contribution is 2.68. The number of carbonyl (C=O) groups is 2. The molecule has 1 rings (SSSR count). The normalized spacial score (nSPS) is 33.6. The summed E-state index contributed by atoms with van der Waals surface area (Å²) in [5.41, 5.74) is 4.60. The van der Waals surface area contributed by atoms with Crippen LogP contribution < -0.4 is 11.1 Å². The highest BCUT2D eigenvalue weighted by atomic mass is 16.2. The smallest absolute Gasteiger partial charge is 0.236 e. The van der Waals surface area contributed by atoms with Crippen LogP contribution in [-0.4, -0.2) is 18.4 Å². The van der Waals surface area contributed by atoms with Crippen molar-refractivity contribution in [1.82, 2.24) is 5.32 Å². The van der Waals surface area contributed by atoms with Crippen molar-refractivity contribution in [2.75, 3.05) is 6.54 Å². The lowest BCUT2D eigenvalue weighted by atomic mass is 9.97. The second-order valence-electron chi connectivity index (χ2n) is 4.79. The first-order valence-electron chi connectivity index (χ1n) is 4.81. The average molecular weight is 198 g/mol. The molecule has 1 aliphatic carbocycles. The zero-order valence-corrected chi connectivity index (χ0v) is 9.18. The van der Waals surface area contributed by atoms with E-state index < -0.39 is 5.91 Å². The van der Waals surface area contributed by atoms with Crippen LogP contribution in [0.2, 0.25) is 0 Å². The van der Waals surface area contributed by atoms with Gasteiger partial charge in [-0.05, 0) is 18.3 Å². The minimum atomic E-state index is -0.506. The van der Waals surface area contributed by atoms with Gasteiger partial charge in [0.1, 0.15) is 0 Å². The molecule has 0 aromatic rings. The van der Waals surface area contributed by atoms with Gasteiger partial charge in [-0.15, -0.1) is 0 Å². The van der Waals surface area contributed by atoms with Crippen molar-refractivity contribution < 1.29 is 9.59 Å². The number of carbonyl (C=O) groups excluding carboxylic acids is 2. The predicted molar refractivity (Wildman–Crippen MR) is 53.3 cm³/mol. The Morgan fingerprint density at radius 1 is 1.36 bits per heavy atom. The van der Waals surface area contributed by atoms with Crippen LogP contribution >= 0.6 is 0 Å². The Kier molecular flexibility index (Phi) is 2.34. The van der Waals surface area contributed by atoms with Gasteiger partial charge < -0.3 is 11.1 Å². The van der Waals surface area contributed by atoms with Crippen LogP contribution in [0.4, 0.5) is 0 Å². The van der Waals surface area contributed by atoms with Crippen LogP contribution in [0, 0.1) is 16.7 Å². The lowest BCUT2D eigenvalue weighted by Crippen LogP contribution is -2.39. The van der Waals surface area contributed by atoms with Gasteiger partial charge in [-0.25, -0.2) is 0 Å². The Bertz CT molecular complexity index is 286. The topological polar surface area (TPSA) is 72.2 Å². The van der Waals surface area contributed by atoms with Crippen LogP contribution in [0.3, 0.4) is 0 Å². The van der Waals surface area contributed by atoms with E-state index in [4.69, 9.17) is 5.73 Å². The van der Waals surface area contributed by atoms with E-state index in [1.54, 1.807) is 0 Å². The molecule has 0 radical (unpaired) electrons. The molecule has 0 spiro atoms. The van der Waals surface area contributed by atoms with E-state index in [2.05, 4.69) is 19.2 Å². The van der Waals surface area contributed by atoms with E-state index in [-0.39, 0.29) is 23.3 Å². The van der Waals surface area contributed by atoms with Gasteiger partial charge in [0.05, 0.1) is 12.0 Å². The molecule has 2 amide bonds. The maximum atomic E-state index is 11.7. The van der Waals surface area contributed by atoms with Crippen molar-refractivity contribution in [1.29, 1.82) is 0 Å². The Morgan fingerprint density at radius 2 is 1.79 bits per heavy atom. The molecule has 14 heavy (non-hydrogen) atoms. The van der Waals surface area contributed by atoms with Crippen molar-refractivity contribution in [3.63, 3.8) is 0 Å². The Hall–Kier alpha value is -1.06. The summed E-state index contributed by atoms with van der Waals surface area (Å²) in [5.74, 6) is -0.246. The Morgan fingerprint density at radius 3 is 2.07 bits per heavy atom. The third-order valence-corrected chi connectivity index (χ3v) is 4.10.